The summed E-state index contributed by atoms with van der Waals surface area (Å²) in [6, 6.07) is 8.52. The van der Waals surface area contributed by atoms with E-state index in [0.29, 0.717) is 48.7 Å². The lowest BCUT2D eigenvalue weighted by Crippen LogP contribution is -2.51. The zero-order valence-corrected chi connectivity index (χ0v) is 17.8. The highest BCUT2D eigenvalue weighted by atomic mass is 32.1. The first kappa shape index (κ1) is 20.9. The number of benzene rings is 1. The molecule has 0 aliphatic carbocycles. The van der Waals surface area contributed by atoms with Crippen molar-refractivity contribution in [3.63, 3.8) is 0 Å². The minimum absolute atomic E-state index is 0.0359. The molecule has 4 rings (SSSR count). The fourth-order valence-electron chi connectivity index (χ4n) is 3.58. The summed E-state index contributed by atoms with van der Waals surface area (Å²) in [5.41, 5.74) is 0.891. The highest BCUT2D eigenvalue weighted by Crippen LogP contribution is 2.15. The molecule has 2 aromatic heterocycles. The number of carbonyl (C=O) groups is 2. The number of carbonyl (C=O) groups excluding carboxylic acids is 2. The summed E-state index contributed by atoms with van der Waals surface area (Å²) in [6.07, 6.45) is -0.148. The molecule has 2 amide bonds. The predicted octanol–water partition coefficient (Wildman–Crippen LogP) is 1.58. The first-order valence-corrected chi connectivity index (χ1v) is 10.9. The number of amides is 2. The Morgan fingerprint density at radius 3 is 2.39 bits per heavy atom. The van der Waals surface area contributed by atoms with Crippen molar-refractivity contribution in [2.75, 3.05) is 32.8 Å². The fraction of sp³-hybridized carbons (Fsp3) is 0.333. The molecule has 162 valence electrons. The molecule has 0 atom stereocenters. The smallest absolute Gasteiger partial charge is 0.409 e. The van der Waals surface area contributed by atoms with E-state index in [0.717, 1.165) is 10.1 Å². The molecule has 1 N–H and O–H groups in total. The van der Waals surface area contributed by atoms with Gasteiger partial charge in [-0.3, -0.25) is 9.59 Å². The van der Waals surface area contributed by atoms with Crippen LogP contribution in [0.3, 0.4) is 0 Å². The second-order valence-corrected chi connectivity index (χ2v) is 8.06. The van der Waals surface area contributed by atoms with E-state index in [4.69, 9.17) is 4.74 Å². The molecule has 3 heterocycles. The van der Waals surface area contributed by atoms with Crippen molar-refractivity contribution in [1.29, 1.82) is 0 Å². The van der Waals surface area contributed by atoms with E-state index in [1.54, 1.807) is 52.4 Å². The van der Waals surface area contributed by atoms with Crippen LogP contribution in [0.4, 0.5) is 4.79 Å². The monoisotopic (exact) mass is 442 g/mol. The molecule has 0 spiro atoms. The van der Waals surface area contributed by atoms with Crippen LogP contribution in [-0.4, -0.2) is 64.1 Å². The van der Waals surface area contributed by atoms with Crippen molar-refractivity contribution in [3.8, 4) is 5.69 Å². The van der Waals surface area contributed by atoms with Crippen molar-refractivity contribution in [2.24, 2.45) is 0 Å². The van der Waals surface area contributed by atoms with E-state index in [9.17, 15) is 19.2 Å². The van der Waals surface area contributed by atoms with Gasteiger partial charge in [-0.1, -0.05) is 12.1 Å². The third kappa shape index (κ3) is 4.24. The Morgan fingerprint density at radius 1 is 1.03 bits per heavy atom. The number of hydrogen-bond acceptors (Lipinski definition) is 6. The number of nitrogens with one attached hydrogen (secondary N) is 1. The highest BCUT2D eigenvalue weighted by molar-refractivity contribution is 7.17. The Morgan fingerprint density at radius 2 is 1.71 bits per heavy atom. The number of thiophene rings is 1. The summed E-state index contributed by atoms with van der Waals surface area (Å²) in [4.78, 5) is 55.4. The maximum Gasteiger partial charge on any atom is 0.409 e. The lowest BCUT2D eigenvalue weighted by atomic mass is 10.1. The van der Waals surface area contributed by atoms with Gasteiger partial charge in [0.05, 0.1) is 24.2 Å². The summed E-state index contributed by atoms with van der Waals surface area (Å²) in [7, 11) is 0. The average molecular weight is 442 g/mol. The highest BCUT2D eigenvalue weighted by Gasteiger charge is 2.24. The number of H-pyrrole nitrogens is 1. The molecule has 1 aliphatic heterocycles. The van der Waals surface area contributed by atoms with Gasteiger partial charge in [-0.25, -0.2) is 14.2 Å². The van der Waals surface area contributed by atoms with Crippen molar-refractivity contribution >= 4 is 33.6 Å². The molecule has 1 fully saturated rings. The van der Waals surface area contributed by atoms with Crippen LogP contribution in [0.25, 0.3) is 15.9 Å². The molecule has 9 nitrogen and oxygen atoms in total. The van der Waals surface area contributed by atoms with Gasteiger partial charge in [0.15, 0.2) is 0 Å². The fourth-order valence-corrected chi connectivity index (χ4v) is 4.35. The number of nitrogens with zero attached hydrogens (tertiary/aromatic N) is 3. The molecule has 3 aromatic rings. The molecule has 0 bridgehead atoms. The lowest BCUT2D eigenvalue weighted by Gasteiger charge is -2.34. The Kier molecular flexibility index (Phi) is 5.90. The normalized spacial score (nSPS) is 14.1. The number of ether oxygens (including phenoxy) is 1. The SMILES string of the molecule is CCOC(=O)N1CCN(C(=O)Cc2ccc(-n3c(=O)[nH]c4ccsc4c3=O)cc2)CC1. The molecular formula is C21H22N4O5S. The van der Waals surface area contributed by atoms with E-state index in [2.05, 4.69) is 4.98 Å². The minimum atomic E-state index is -0.501. The van der Waals surface area contributed by atoms with Crippen LogP contribution < -0.4 is 11.2 Å². The summed E-state index contributed by atoms with van der Waals surface area (Å²) in [5.74, 6) is -0.0359. The Hall–Kier alpha value is -3.40. The van der Waals surface area contributed by atoms with Gasteiger partial charge in [0.25, 0.3) is 5.56 Å². The lowest BCUT2D eigenvalue weighted by molar-refractivity contribution is -0.132. The van der Waals surface area contributed by atoms with Crippen LogP contribution in [0.1, 0.15) is 12.5 Å². The predicted molar refractivity (Wildman–Crippen MR) is 117 cm³/mol. The van der Waals surface area contributed by atoms with Gasteiger partial charge in [-0.05, 0) is 36.1 Å². The number of fused-ring (bicyclic) bond motifs is 1. The largest absolute Gasteiger partial charge is 0.450 e. The topological polar surface area (TPSA) is 105 Å². The molecule has 1 aliphatic rings. The Labute approximate surface area is 181 Å². The first-order chi connectivity index (χ1) is 15.0. The summed E-state index contributed by atoms with van der Waals surface area (Å²) in [6.45, 7) is 3.90. The van der Waals surface area contributed by atoms with Crippen LogP contribution in [0.5, 0.6) is 0 Å². The van der Waals surface area contributed by atoms with Crippen molar-refractivity contribution < 1.29 is 14.3 Å². The quantitative estimate of drug-likeness (QED) is 0.661. The molecule has 0 unspecified atom stereocenters. The second kappa shape index (κ2) is 8.76. The number of piperazine rings is 1. The van der Waals surface area contributed by atoms with Crippen LogP contribution in [0, 0.1) is 0 Å². The molecule has 10 heteroatoms. The van der Waals surface area contributed by atoms with Gasteiger partial charge in [-0.2, -0.15) is 0 Å². The maximum absolute atomic E-state index is 12.7. The van der Waals surface area contributed by atoms with Crippen LogP contribution >= 0.6 is 11.3 Å². The second-order valence-electron chi connectivity index (χ2n) is 7.14. The van der Waals surface area contributed by atoms with Crippen LogP contribution in [-0.2, 0) is 16.0 Å². The van der Waals surface area contributed by atoms with E-state index in [1.165, 1.54) is 11.3 Å². The first-order valence-electron chi connectivity index (χ1n) is 9.99. The molecule has 1 aromatic carbocycles. The van der Waals surface area contributed by atoms with E-state index in [-0.39, 0.29) is 24.0 Å². The van der Waals surface area contributed by atoms with Gasteiger partial charge in [0.1, 0.15) is 4.70 Å². The van der Waals surface area contributed by atoms with Gasteiger partial charge in [0, 0.05) is 26.2 Å². The molecule has 0 radical (unpaired) electrons. The number of hydrogen-bond donors (Lipinski definition) is 1. The summed E-state index contributed by atoms with van der Waals surface area (Å²) < 4.78 is 6.57. The minimum Gasteiger partial charge on any atom is -0.450 e. The zero-order chi connectivity index (χ0) is 22.0. The standard InChI is InChI=1S/C21H22N4O5S/c1-2-30-21(29)24-10-8-23(9-11-24)17(26)13-14-3-5-15(6-4-14)25-19(27)18-16(7-12-31-18)22-20(25)28/h3-7,12H,2,8-11,13H2,1H3,(H,22,28). The summed E-state index contributed by atoms with van der Waals surface area (Å²) >= 11 is 1.28. The third-order valence-electron chi connectivity index (χ3n) is 5.22. The van der Waals surface area contributed by atoms with E-state index in [1.807, 2.05) is 0 Å². The number of aromatic amines is 1. The van der Waals surface area contributed by atoms with Crippen molar-refractivity contribution in [3.05, 3.63) is 62.1 Å². The van der Waals surface area contributed by atoms with Gasteiger partial charge >= 0.3 is 11.8 Å². The van der Waals surface area contributed by atoms with Crippen LogP contribution in [0.15, 0.2) is 45.3 Å². The maximum atomic E-state index is 12.7. The van der Waals surface area contributed by atoms with E-state index < -0.39 is 5.69 Å². The number of aromatic nitrogens is 2. The average Bonchev–Trinajstić information content (AvgIpc) is 3.24. The van der Waals surface area contributed by atoms with Crippen molar-refractivity contribution in [1.82, 2.24) is 19.4 Å². The number of rotatable bonds is 4. The molecule has 1 saturated heterocycles. The Balaban J connectivity index is 1.43. The van der Waals surface area contributed by atoms with E-state index >= 15 is 0 Å². The van der Waals surface area contributed by atoms with Gasteiger partial charge in [-0.15, -0.1) is 11.3 Å². The van der Waals surface area contributed by atoms with Crippen molar-refractivity contribution in [2.45, 2.75) is 13.3 Å². The van der Waals surface area contributed by atoms with Gasteiger partial charge < -0.3 is 19.5 Å². The van der Waals surface area contributed by atoms with Gasteiger partial charge in [0.2, 0.25) is 5.91 Å². The molecule has 31 heavy (non-hydrogen) atoms. The third-order valence-corrected chi connectivity index (χ3v) is 6.12. The van der Waals surface area contributed by atoms with Crippen LogP contribution in [0.2, 0.25) is 0 Å². The zero-order valence-electron chi connectivity index (χ0n) is 17.0. The summed E-state index contributed by atoms with van der Waals surface area (Å²) in [5, 5.41) is 1.76. The molecular weight excluding hydrogens is 420 g/mol. The Bertz CT molecular complexity index is 1220. The molecule has 0 saturated carbocycles.